The van der Waals surface area contributed by atoms with Crippen molar-refractivity contribution in [2.75, 3.05) is 58.7 Å². The number of anilines is 1. The summed E-state index contributed by atoms with van der Waals surface area (Å²) in [6.07, 6.45) is 2.28. The van der Waals surface area contributed by atoms with Gasteiger partial charge in [-0.3, -0.25) is 4.99 Å². The van der Waals surface area contributed by atoms with E-state index >= 15 is 0 Å². The highest BCUT2D eigenvalue weighted by Gasteiger charge is 2.10. The Kier molecular flexibility index (Phi) is 7.16. The number of guanidine groups is 1. The normalized spacial score (nSPS) is 17.7. The lowest BCUT2D eigenvalue weighted by Gasteiger charge is -2.19. The summed E-state index contributed by atoms with van der Waals surface area (Å²) in [6.45, 7) is 6.52. The highest BCUT2D eigenvalue weighted by molar-refractivity contribution is 5.92. The Morgan fingerprint density at radius 2 is 2.17 bits per heavy atom. The highest BCUT2D eigenvalue weighted by Crippen LogP contribution is 2.16. The maximum atomic E-state index is 5.94. The summed E-state index contributed by atoms with van der Waals surface area (Å²) in [6, 6.07) is 7.66. The van der Waals surface area contributed by atoms with Crippen LogP contribution in [0.25, 0.3) is 0 Å². The van der Waals surface area contributed by atoms with Crippen molar-refractivity contribution in [3.8, 4) is 5.75 Å². The van der Waals surface area contributed by atoms with Crippen LogP contribution in [0.3, 0.4) is 0 Å². The van der Waals surface area contributed by atoms with E-state index in [9.17, 15) is 0 Å². The average molecular weight is 319 g/mol. The van der Waals surface area contributed by atoms with Crippen LogP contribution in [0.1, 0.15) is 12.8 Å². The molecule has 1 saturated heterocycles. The van der Waals surface area contributed by atoms with Crippen molar-refractivity contribution in [2.45, 2.75) is 12.8 Å². The van der Waals surface area contributed by atoms with Gasteiger partial charge in [-0.2, -0.15) is 0 Å². The van der Waals surface area contributed by atoms with Crippen LogP contribution in [0, 0.1) is 0 Å². The summed E-state index contributed by atoms with van der Waals surface area (Å²) >= 11 is 0. The number of rotatable bonds is 6. The third-order valence-electron chi connectivity index (χ3n) is 4.07. The molecule has 1 aliphatic heterocycles. The smallest absolute Gasteiger partial charge is 0.193 e. The first-order chi connectivity index (χ1) is 11.2. The Morgan fingerprint density at radius 3 is 3.00 bits per heavy atom. The molecule has 3 N–H and O–H groups in total. The number of aliphatic imine (C=N–C) groups is 1. The molecule has 6 heteroatoms. The second kappa shape index (κ2) is 9.37. The van der Waals surface area contributed by atoms with Gasteiger partial charge in [-0.15, -0.1) is 0 Å². The number of likely N-dealkylation sites (N-methyl/N-ethyl adjacent to an activating group) is 1. The molecule has 0 spiro atoms. The van der Waals surface area contributed by atoms with Crippen molar-refractivity contribution in [2.24, 2.45) is 10.7 Å². The van der Waals surface area contributed by atoms with Gasteiger partial charge in [0.05, 0.1) is 7.11 Å². The molecule has 1 heterocycles. The van der Waals surface area contributed by atoms with E-state index in [1.807, 2.05) is 24.3 Å². The van der Waals surface area contributed by atoms with Gasteiger partial charge in [-0.1, -0.05) is 6.07 Å². The molecule has 0 saturated carbocycles. The summed E-state index contributed by atoms with van der Waals surface area (Å²) < 4.78 is 5.19. The lowest BCUT2D eigenvalue weighted by Crippen LogP contribution is -2.30. The van der Waals surface area contributed by atoms with Gasteiger partial charge in [0.2, 0.25) is 0 Å². The van der Waals surface area contributed by atoms with Crippen LogP contribution >= 0.6 is 0 Å². The number of nitrogens with two attached hydrogens (primary N) is 1. The van der Waals surface area contributed by atoms with Crippen molar-refractivity contribution in [3.63, 3.8) is 0 Å². The Labute approximate surface area is 139 Å². The molecule has 1 aliphatic rings. The minimum absolute atomic E-state index is 0.453. The van der Waals surface area contributed by atoms with Gasteiger partial charge in [0, 0.05) is 31.4 Å². The molecule has 0 aromatic heterocycles. The van der Waals surface area contributed by atoms with Crippen LogP contribution in [0.5, 0.6) is 5.75 Å². The Hall–Kier alpha value is -1.79. The summed E-state index contributed by atoms with van der Waals surface area (Å²) in [7, 11) is 3.84. The predicted octanol–water partition coefficient (Wildman–Crippen LogP) is 1.45. The van der Waals surface area contributed by atoms with Gasteiger partial charge >= 0.3 is 0 Å². The molecule has 1 aromatic rings. The van der Waals surface area contributed by atoms with Gasteiger partial charge < -0.3 is 25.6 Å². The van der Waals surface area contributed by atoms with Crippen molar-refractivity contribution >= 4 is 11.6 Å². The van der Waals surface area contributed by atoms with E-state index in [-0.39, 0.29) is 0 Å². The number of hydrogen-bond acceptors (Lipinski definition) is 4. The number of benzene rings is 1. The number of ether oxygens (including phenoxy) is 1. The highest BCUT2D eigenvalue weighted by atomic mass is 16.5. The van der Waals surface area contributed by atoms with Crippen molar-refractivity contribution in [1.29, 1.82) is 0 Å². The molecule has 0 amide bonds. The van der Waals surface area contributed by atoms with E-state index in [1.54, 1.807) is 7.11 Å². The monoisotopic (exact) mass is 319 g/mol. The maximum absolute atomic E-state index is 5.94. The molecule has 0 radical (unpaired) electrons. The largest absolute Gasteiger partial charge is 0.497 e. The van der Waals surface area contributed by atoms with Crippen molar-refractivity contribution in [3.05, 3.63) is 24.3 Å². The molecule has 23 heavy (non-hydrogen) atoms. The van der Waals surface area contributed by atoms with E-state index in [4.69, 9.17) is 10.5 Å². The molecule has 1 aromatic carbocycles. The zero-order valence-corrected chi connectivity index (χ0v) is 14.3. The molecule has 0 unspecified atom stereocenters. The Bertz CT molecular complexity index is 506. The average Bonchev–Trinajstić information content (AvgIpc) is 2.76. The lowest BCUT2D eigenvalue weighted by atomic mass is 10.3. The van der Waals surface area contributed by atoms with E-state index < -0.39 is 0 Å². The number of nitrogens with one attached hydrogen (secondary N) is 1. The first-order valence-corrected chi connectivity index (χ1v) is 8.29. The molecule has 0 bridgehead atoms. The quantitative estimate of drug-likeness (QED) is 0.472. The summed E-state index contributed by atoms with van der Waals surface area (Å²) in [4.78, 5) is 9.32. The minimum atomic E-state index is 0.453. The number of methoxy groups -OCH3 is 1. The second-order valence-electron chi connectivity index (χ2n) is 5.98. The minimum Gasteiger partial charge on any atom is -0.497 e. The Balaban J connectivity index is 1.70. The van der Waals surface area contributed by atoms with Crippen LogP contribution < -0.4 is 15.8 Å². The third-order valence-corrected chi connectivity index (χ3v) is 4.07. The van der Waals surface area contributed by atoms with Crippen molar-refractivity contribution in [1.82, 2.24) is 9.80 Å². The lowest BCUT2D eigenvalue weighted by molar-refractivity contribution is 0.275. The van der Waals surface area contributed by atoms with Gasteiger partial charge in [0.25, 0.3) is 0 Å². The zero-order valence-electron chi connectivity index (χ0n) is 14.3. The van der Waals surface area contributed by atoms with E-state index in [1.165, 1.54) is 19.5 Å². The van der Waals surface area contributed by atoms with Gasteiger partial charge in [-0.25, -0.2) is 0 Å². The fraction of sp³-hybridized carbons (Fsp3) is 0.588. The predicted molar refractivity (Wildman–Crippen MR) is 96.3 cm³/mol. The molecule has 1 fully saturated rings. The molecular formula is C17H29N5O. The maximum Gasteiger partial charge on any atom is 0.193 e. The topological polar surface area (TPSA) is 66.1 Å². The van der Waals surface area contributed by atoms with Crippen molar-refractivity contribution < 1.29 is 4.74 Å². The van der Waals surface area contributed by atoms with Gasteiger partial charge in [-0.05, 0) is 51.7 Å². The second-order valence-corrected chi connectivity index (χ2v) is 5.98. The molecule has 2 rings (SSSR count). The standard InChI is InChI=1S/C17H29N5O/c1-21-9-5-11-22(13-12-21)10-4-8-19-17(18)20-15-6-3-7-16(14-15)23-2/h3,6-7,14H,4-5,8-13H2,1-2H3,(H3,18,19,20). The Morgan fingerprint density at radius 1 is 1.30 bits per heavy atom. The first kappa shape index (κ1) is 17.6. The van der Waals surface area contributed by atoms with Crippen LogP contribution in [0.2, 0.25) is 0 Å². The number of nitrogens with zero attached hydrogens (tertiary/aromatic N) is 3. The molecule has 0 atom stereocenters. The van der Waals surface area contributed by atoms with Gasteiger partial charge in [0.15, 0.2) is 5.96 Å². The third kappa shape index (κ3) is 6.46. The summed E-state index contributed by atoms with van der Waals surface area (Å²) in [5, 5.41) is 3.10. The van der Waals surface area contributed by atoms with E-state index in [0.717, 1.165) is 44.0 Å². The zero-order chi connectivity index (χ0) is 16.5. The summed E-state index contributed by atoms with van der Waals surface area (Å²) in [5.41, 5.74) is 6.83. The first-order valence-electron chi connectivity index (χ1n) is 8.29. The van der Waals surface area contributed by atoms with Crippen LogP contribution in [-0.4, -0.2) is 69.2 Å². The molecule has 0 aliphatic carbocycles. The van der Waals surface area contributed by atoms with E-state index in [2.05, 4.69) is 27.2 Å². The molecule has 128 valence electrons. The van der Waals surface area contributed by atoms with Crippen LogP contribution in [0.15, 0.2) is 29.3 Å². The fourth-order valence-corrected chi connectivity index (χ4v) is 2.71. The fourth-order valence-electron chi connectivity index (χ4n) is 2.71. The van der Waals surface area contributed by atoms with Gasteiger partial charge in [0.1, 0.15) is 5.75 Å². The van der Waals surface area contributed by atoms with Crippen LogP contribution in [-0.2, 0) is 0 Å². The molecule has 6 nitrogen and oxygen atoms in total. The number of hydrogen-bond donors (Lipinski definition) is 2. The summed E-state index contributed by atoms with van der Waals surface area (Å²) in [5.74, 6) is 1.25. The van der Waals surface area contributed by atoms with Crippen LogP contribution in [0.4, 0.5) is 5.69 Å². The SMILES string of the molecule is COc1cccc(NC(N)=NCCCN2CCCN(C)CC2)c1. The van der Waals surface area contributed by atoms with E-state index in [0.29, 0.717) is 5.96 Å². The molecular weight excluding hydrogens is 290 g/mol.